The van der Waals surface area contributed by atoms with Gasteiger partial charge in [-0.05, 0) is 61.8 Å². The molecule has 0 saturated heterocycles. The smallest absolute Gasteiger partial charge is 0.227 e. The highest BCUT2D eigenvalue weighted by molar-refractivity contribution is 6.05. The van der Waals surface area contributed by atoms with E-state index in [-0.39, 0.29) is 0 Å². The number of rotatable bonds is 7. The van der Waals surface area contributed by atoms with Crippen molar-refractivity contribution < 1.29 is 13.2 Å². The van der Waals surface area contributed by atoms with E-state index in [4.69, 9.17) is 9.97 Å². The minimum absolute atomic E-state index is 0.647. The number of aromatic nitrogens is 2. The number of alkyl halides is 3. The van der Waals surface area contributed by atoms with Gasteiger partial charge in [-0.1, -0.05) is 188 Å². The summed E-state index contributed by atoms with van der Waals surface area (Å²) in [6.07, 6.45) is -4.36. The van der Waals surface area contributed by atoms with Crippen molar-refractivity contribution in [1.29, 1.82) is 0 Å². The number of hydrogen-bond acceptors (Lipinski definition) is 2. The Hall–Kier alpha value is -7.11. The summed E-state index contributed by atoms with van der Waals surface area (Å²) in [5, 5.41) is 2.22. The molecule has 1 heterocycles. The predicted octanol–water partition coefficient (Wildman–Crippen LogP) is 14.3. The summed E-state index contributed by atoms with van der Waals surface area (Å²) in [6, 6.07) is 65.3. The van der Waals surface area contributed by atoms with Gasteiger partial charge in [0, 0.05) is 22.3 Å². The van der Waals surface area contributed by atoms with Gasteiger partial charge in [0.1, 0.15) is 0 Å². The molecule has 0 bridgehead atoms. The SMILES string of the molecule is FC(F)(F)c1ccc(-c2ccc(-c3ccc(-c4ccc(-c5nc(-c6ccccc6)c(-c6ccccc6)c(-c6ccccc6)n5)cc4)c4ccccc34)cc2)cc1. The normalized spacial score (nSPS) is 11.5. The molecule has 0 aliphatic rings. The standard InChI is InChI=1S/C51H33F3N2/c52-51(53,54)42-30-28-35(29-31-42)34-20-22-36(23-21-34)43-32-33-44(46-19-11-10-18-45(43)46)37-24-26-41(27-25-37)50-55-48(39-14-6-2-7-15-39)47(38-12-4-1-5-13-38)49(56-50)40-16-8-3-9-17-40/h1-33H. The van der Waals surface area contributed by atoms with E-state index in [1.54, 1.807) is 0 Å². The van der Waals surface area contributed by atoms with Crippen LogP contribution in [0.3, 0.4) is 0 Å². The lowest BCUT2D eigenvalue weighted by molar-refractivity contribution is -0.137. The molecule has 268 valence electrons. The van der Waals surface area contributed by atoms with E-state index in [1.807, 2.05) is 84.9 Å². The van der Waals surface area contributed by atoms with Gasteiger partial charge in [-0.3, -0.25) is 0 Å². The Morgan fingerprint density at radius 2 is 0.661 bits per heavy atom. The number of nitrogens with zero attached hydrogens (tertiary/aromatic N) is 2. The first-order valence-corrected chi connectivity index (χ1v) is 18.4. The lowest BCUT2D eigenvalue weighted by Gasteiger charge is -2.17. The zero-order chi connectivity index (χ0) is 38.1. The van der Waals surface area contributed by atoms with E-state index in [0.29, 0.717) is 5.82 Å². The second-order valence-corrected chi connectivity index (χ2v) is 13.7. The third-order valence-corrected chi connectivity index (χ3v) is 10.2. The average molecular weight is 731 g/mol. The summed E-state index contributed by atoms with van der Waals surface area (Å²) in [4.78, 5) is 10.5. The molecule has 8 aromatic carbocycles. The van der Waals surface area contributed by atoms with Gasteiger partial charge < -0.3 is 0 Å². The van der Waals surface area contributed by atoms with Gasteiger partial charge in [-0.25, -0.2) is 9.97 Å². The highest BCUT2D eigenvalue weighted by Gasteiger charge is 2.30. The Morgan fingerprint density at radius 1 is 0.304 bits per heavy atom. The minimum atomic E-state index is -4.36. The monoisotopic (exact) mass is 730 g/mol. The zero-order valence-corrected chi connectivity index (χ0v) is 30.1. The maximum absolute atomic E-state index is 13.1. The fourth-order valence-electron chi connectivity index (χ4n) is 7.37. The molecule has 56 heavy (non-hydrogen) atoms. The van der Waals surface area contributed by atoms with Crippen molar-refractivity contribution in [3.8, 4) is 78.4 Å². The highest BCUT2D eigenvalue weighted by atomic mass is 19.4. The summed E-state index contributed by atoms with van der Waals surface area (Å²) in [7, 11) is 0. The molecule has 9 aromatic rings. The maximum Gasteiger partial charge on any atom is 0.416 e. The van der Waals surface area contributed by atoms with Crippen molar-refractivity contribution in [2.24, 2.45) is 0 Å². The van der Waals surface area contributed by atoms with Gasteiger partial charge >= 0.3 is 6.18 Å². The topological polar surface area (TPSA) is 25.8 Å². The Bertz CT molecular complexity index is 2720. The molecule has 0 N–H and O–H groups in total. The van der Waals surface area contributed by atoms with E-state index >= 15 is 0 Å². The van der Waals surface area contributed by atoms with E-state index in [0.717, 1.165) is 95.5 Å². The molecule has 2 nitrogen and oxygen atoms in total. The first-order valence-electron chi connectivity index (χ1n) is 18.4. The first-order chi connectivity index (χ1) is 27.4. The average Bonchev–Trinajstić information content (AvgIpc) is 3.26. The first kappa shape index (κ1) is 34.6. The molecule has 0 aliphatic heterocycles. The van der Waals surface area contributed by atoms with E-state index in [2.05, 4.69) is 91.0 Å². The van der Waals surface area contributed by atoms with Crippen LogP contribution in [0.15, 0.2) is 200 Å². The molecule has 0 fully saturated rings. The molecule has 1 aromatic heterocycles. The third kappa shape index (κ3) is 6.76. The van der Waals surface area contributed by atoms with Crippen molar-refractivity contribution in [1.82, 2.24) is 9.97 Å². The van der Waals surface area contributed by atoms with Crippen molar-refractivity contribution >= 4 is 10.8 Å². The molecule has 0 unspecified atom stereocenters. The van der Waals surface area contributed by atoms with Gasteiger partial charge in [0.25, 0.3) is 0 Å². The molecule has 5 heteroatoms. The summed E-state index contributed by atoms with van der Waals surface area (Å²) in [5.41, 5.74) is 12.0. The van der Waals surface area contributed by atoms with Crippen LogP contribution in [-0.4, -0.2) is 9.97 Å². The maximum atomic E-state index is 13.1. The fraction of sp³-hybridized carbons (Fsp3) is 0.0196. The quantitative estimate of drug-likeness (QED) is 0.163. The second kappa shape index (κ2) is 14.6. The largest absolute Gasteiger partial charge is 0.416 e. The Kier molecular flexibility index (Phi) is 9.04. The molecular weight excluding hydrogens is 698 g/mol. The third-order valence-electron chi connectivity index (χ3n) is 10.2. The van der Waals surface area contributed by atoms with Crippen LogP contribution < -0.4 is 0 Å². The predicted molar refractivity (Wildman–Crippen MR) is 223 cm³/mol. The Morgan fingerprint density at radius 3 is 1.09 bits per heavy atom. The lowest BCUT2D eigenvalue weighted by atomic mass is 9.91. The van der Waals surface area contributed by atoms with Crippen molar-refractivity contribution in [2.75, 3.05) is 0 Å². The highest BCUT2D eigenvalue weighted by Crippen LogP contribution is 2.41. The van der Waals surface area contributed by atoms with Crippen LogP contribution in [0.5, 0.6) is 0 Å². The molecule has 0 spiro atoms. The van der Waals surface area contributed by atoms with Crippen molar-refractivity contribution in [3.05, 3.63) is 206 Å². The van der Waals surface area contributed by atoms with Gasteiger partial charge in [0.05, 0.1) is 17.0 Å². The van der Waals surface area contributed by atoms with E-state index in [1.165, 1.54) is 12.1 Å². The van der Waals surface area contributed by atoms with Gasteiger partial charge in [-0.15, -0.1) is 0 Å². The summed E-state index contributed by atoms with van der Waals surface area (Å²) in [5.74, 6) is 0.647. The molecular formula is C51H33F3N2. The molecule has 9 rings (SSSR count). The Labute approximate surface area is 323 Å². The summed E-state index contributed by atoms with van der Waals surface area (Å²) < 4.78 is 39.3. The van der Waals surface area contributed by atoms with E-state index in [9.17, 15) is 13.2 Å². The Balaban J connectivity index is 1.09. The van der Waals surface area contributed by atoms with Crippen LogP contribution in [0, 0.1) is 0 Å². The van der Waals surface area contributed by atoms with Crippen molar-refractivity contribution in [3.63, 3.8) is 0 Å². The van der Waals surface area contributed by atoms with Gasteiger partial charge in [-0.2, -0.15) is 13.2 Å². The molecule has 0 saturated carbocycles. The second-order valence-electron chi connectivity index (χ2n) is 13.7. The summed E-state index contributed by atoms with van der Waals surface area (Å²) in [6.45, 7) is 0. The molecule has 0 radical (unpaired) electrons. The number of hydrogen-bond donors (Lipinski definition) is 0. The van der Waals surface area contributed by atoms with Gasteiger partial charge in [0.2, 0.25) is 0 Å². The van der Waals surface area contributed by atoms with Crippen LogP contribution >= 0.6 is 0 Å². The van der Waals surface area contributed by atoms with Crippen LogP contribution in [0.4, 0.5) is 13.2 Å². The fourth-order valence-corrected chi connectivity index (χ4v) is 7.37. The van der Waals surface area contributed by atoms with Gasteiger partial charge in [0.15, 0.2) is 5.82 Å². The van der Waals surface area contributed by atoms with Crippen LogP contribution in [0.1, 0.15) is 5.56 Å². The van der Waals surface area contributed by atoms with Crippen LogP contribution in [-0.2, 0) is 6.18 Å². The zero-order valence-electron chi connectivity index (χ0n) is 30.1. The van der Waals surface area contributed by atoms with Crippen molar-refractivity contribution in [2.45, 2.75) is 6.18 Å². The number of fused-ring (bicyclic) bond motifs is 1. The molecule has 0 amide bonds. The van der Waals surface area contributed by atoms with Crippen LogP contribution in [0.2, 0.25) is 0 Å². The minimum Gasteiger partial charge on any atom is -0.227 e. The van der Waals surface area contributed by atoms with E-state index < -0.39 is 11.7 Å². The molecule has 0 aliphatic carbocycles. The summed E-state index contributed by atoms with van der Waals surface area (Å²) >= 11 is 0. The number of benzene rings is 8. The number of halogens is 3. The molecule has 0 atom stereocenters. The lowest BCUT2D eigenvalue weighted by Crippen LogP contribution is -2.03. The van der Waals surface area contributed by atoms with Crippen LogP contribution in [0.25, 0.3) is 89.2 Å².